The largest absolute Gasteiger partial charge is 0.497 e. The van der Waals surface area contributed by atoms with Crippen LogP contribution in [0.4, 0.5) is 0 Å². The smallest absolute Gasteiger partial charge is 0.295 e. The van der Waals surface area contributed by atoms with Gasteiger partial charge >= 0.3 is 0 Å². The van der Waals surface area contributed by atoms with Crippen LogP contribution >= 0.6 is 0 Å². The highest BCUT2D eigenvalue weighted by Crippen LogP contribution is 2.17. The van der Waals surface area contributed by atoms with E-state index in [9.17, 15) is 4.79 Å². The summed E-state index contributed by atoms with van der Waals surface area (Å²) in [4.78, 5) is 21.2. The molecule has 0 N–H and O–H groups in total. The lowest BCUT2D eigenvalue weighted by Gasteiger charge is -2.36. The van der Waals surface area contributed by atoms with Crippen LogP contribution in [0.1, 0.15) is 30.1 Å². The lowest BCUT2D eigenvalue weighted by Crippen LogP contribution is -2.45. The number of amidine groups is 1. The second-order valence-electron chi connectivity index (χ2n) is 6.62. The number of hydrogen-bond donors (Lipinski definition) is 0. The van der Waals surface area contributed by atoms with Gasteiger partial charge in [0, 0.05) is 25.3 Å². The monoisotopic (exact) mass is 377 g/mol. The first-order chi connectivity index (χ1) is 13.0. The third-order valence-corrected chi connectivity index (χ3v) is 4.71. The molecule has 0 aromatic heterocycles. The predicted octanol–water partition coefficient (Wildman–Crippen LogP) is 2.27. The molecule has 7 heteroatoms. The van der Waals surface area contributed by atoms with Crippen molar-refractivity contribution >= 4 is 11.9 Å². The highest BCUT2D eigenvalue weighted by molar-refractivity contribution is 6.01. The number of nitrogens with zero attached hydrogens (tertiary/aromatic N) is 3. The van der Waals surface area contributed by atoms with E-state index in [0.717, 1.165) is 25.9 Å². The Morgan fingerprint density at radius 3 is 2.70 bits per heavy atom. The zero-order valence-corrected chi connectivity index (χ0v) is 16.8. The van der Waals surface area contributed by atoms with Gasteiger partial charge in [0.25, 0.3) is 11.9 Å². The Bertz CT molecular complexity index is 627. The third kappa shape index (κ3) is 6.52. The van der Waals surface area contributed by atoms with Gasteiger partial charge in [0.05, 0.1) is 13.7 Å². The number of hydrogen-bond acceptors (Lipinski definition) is 5. The van der Waals surface area contributed by atoms with Crippen LogP contribution in [0.2, 0.25) is 0 Å². The van der Waals surface area contributed by atoms with Crippen molar-refractivity contribution in [3.8, 4) is 5.75 Å². The van der Waals surface area contributed by atoms with Crippen LogP contribution in [0.25, 0.3) is 0 Å². The van der Waals surface area contributed by atoms with Gasteiger partial charge in [0.15, 0.2) is 0 Å². The molecular weight excluding hydrogens is 346 g/mol. The molecule has 150 valence electrons. The maximum absolute atomic E-state index is 12.7. The molecule has 2 rings (SSSR count). The minimum Gasteiger partial charge on any atom is -0.497 e. The molecule has 0 atom stereocenters. The molecule has 0 unspecified atom stereocenters. The summed E-state index contributed by atoms with van der Waals surface area (Å²) in [5.74, 6) is 0.277. The Hall–Kier alpha value is -2.12. The Kier molecular flexibility index (Phi) is 8.54. The lowest BCUT2D eigenvalue weighted by molar-refractivity contribution is 0.0872. The minimum atomic E-state index is -0.347. The van der Waals surface area contributed by atoms with Gasteiger partial charge < -0.3 is 24.0 Å². The van der Waals surface area contributed by atoms with Crippen molar-refractivity contribution in [2.45, 2.75) is 25.8 Å². The number of methoxy groups -OCH3 is 1. The van der Waals surface area contributed by atoms with Gasteiger partial charge in [-0.05, 0) is 58.1 Å². The highest BCUT2D eigenvalue weighted by atomic mass is 16.5. The van der Waals surface area contributed by atoms with Crippen LogP contribution < -0.4 is 4.74 Å². The SMILES string of the molecule is CCOCCOC(=NC(=O)c1cccc(OC)c1)N(C)C1CCN(C)CC1. The van der Waals surface area contributed by atoms with E-state index < -0.39 is 0 Å². The van der Waals surface area contributed by atoms with Gasteiger partial charge in [-0.3, -0.25) is 4.79 Å². The topological polar surface area (TPSA) is 63.6 Å². The van der Waals surface area contributed by atoms with Crippen LogP contribution in [0, 0.1) is 0 Å². The van der Waals surface area contributed by atoms with Crippen molar-refractivity contribution in [3.05, 3.63) is 29.8 Å². The van der Waals surface area contributed by atoms with E-state index in [4.69, 9.17) is 14.2 Å². The molecule has 0 saturated carbocycles. The number of carbonyl (C=O) groups excluding carboxylic acids is 1. The van der Waals surface area contributed by atoms with Crippen molar-refractivity contribution < 1.29 is 19.0 Å². The number of likely N-dealkylation sites (tertiary alicyclic amines) is 1. The molecule has 1 aliphatic rings. The summed E-state index contributed by atoms with van der Waals surface area (Å²) in [5, 5.41) is 0. The van der Waals surface area contributed by atoms with Crippen molar-refractivity contribution in [1.29, 1.82) is 0 Å². The molecule has 1 saturated heterocycles. The second kappa shape index (κ2) is 10.9. The van der Waals surface area contributed by atoms with E-state index >= 15 is 0 Å². The lowest BCUT2D eigenvalue weighted by atomic mass is 10.0. The number of rotatable bonds is 7. The number of aliphatic imine (C=N–C) groups is 1. The molecule has 1 aromatic carbocycles. The molecule has 27 heavy (non-hydrogen) atoms. The van der Waals surface area contributed by atoms with Gasteiger partial charge in [0.1, 0.15) is 12.4 Å². The predicted molar refractivity (Wildman–Crippen MR) is 105 cm³/mol. The Labute approximate surface area is 161 Å². The number of benzene rings is 1. The fraction of sp³-hybridized carbons (Fsp3) is 0.600. The van der Waals surface area contributed by atoms with E-state index in [0.29, 0.717) is 43.2 Å². The van der Waals surface area contributed by atoms with Crippen LogP contribution in [0.3, 0.4) is 0 Å². The first-order valence-electron chi connectivity index (χ1n) is 9.44. The molecule has 0 spiro atoms. The molecule has 1 aromatic rings. The summed E-state index contributed by atoms with van der Waals surface area (Å²) in [6.07, 6.45) is 2.02. The molecule has 1 aliphatic heterocycles. The molecule has 1 fully saturated rings. The summed E-state index contributed by atoms with van der Waals surface area (Å²) < 4.78 is 16.3. The van der Waals surface area contributed by atoms with E-state index in [-0.39, 0.29) is 5.91 Å². The number of ether oxygens (including phenoxy) is 3. The normalized spacial score (nSPS) is 16.2. The van der Waals surface area contributed by atoms with Gasteiger partial charge in [-0.15, -0.1) is 0 Å². The molecule has 7 nitrogen and oxygen atoms in total. The standard InChI is InChI=1S/C20H31N3O4/c1-5-26-13-14-27-20(23(3)17-9-11-22(2)12-10-17)21-19(24)16-7-6-8-18(15-16)25-4/h6-8,15,17H,5,9-14H2,1-4H3. The maximum Gasteiger partial charge on any atom is 0.295 e. The van der Waals surface area contributed by atoms with Crippen LogP contribution in [-0.4, -0.2) is 81.9 Å². The molecule has 0 radical (unpaired) electrons. The van der Waals surface area contributed by atoms with Crippen LogP contribution in [0.5, 0.6) is 5.75 Å². The summed E-state index contributed by atoms with van der Waals surface area (Å²) in [7, 11) is 5.63. The molecule has 0 bridgehead atoms. The van der Waals surface area contributed by atoms with Gasteiger partial charge in [-0.1, -0.05) is 6.07 Å². The summed E-state index contributed by atoms with van der Waals surface area (Å²) in [6, 6.07) is 7.62. The third-order valence-electron chi connectivity index (χ3n) is 4.71. The highest BCUT2D eigenvalue weighted by Gasteiger charge is 2.24. The maximum atomic E-state index is 12.7. The zero-order valence-electron chi connectivity index (χ0n) is 16.8. The van der Waals surface area contributed by atoms with Crippen molar-refractivity contribution in [2.75, 3.05) is 54.1 Å². The average molecular weight is 377 g/mol. The van der Waals surface area contributed by atoms with Gasteiger partial charge in [-0.25, -0.2) is 0 Å². The Morgan fingerprint density at radius 1 is 1.30 bits per heavy atom. The number of amides is 1. The van der Waals surface area contributed by atoms with Crippen molar-refractivity contribution in [3.63, 3.8) is 0 Å². The fourth-order valence-electron chi connectivity index (χ4n) is 3.00. The summed E-state index contributed by atoms with van der Waals surface area (Å²) in [6.45, 7) is 5.42. The molecule has 0 aliphatic carbocycles. The summed E-state index contributed by atoms with van der Waals surface area (Å²) in [5.41, 5.74) is 0.469. The first-order valence-corrected chi connectivity index (χ1v) is 9.44. The zero-order chi connectivity index (χ0) is 19.6. The molecule has 1 heterocycles. The number of carbonyl (C=O) groups is 1. The van der Waals surface area contributed by atoms with Gasteiger partial charge in [-0.2, -0.15) is 4.99 Å². The van der Waals surface area contributed by atoms with E-state index in [1.54, 1.807) is 31.4 Å². The van der Waals surface area contributed by atoms with Crippen molar-refractivity contribution in [1.82, 2.24) is 9.80 Å². The fourth-order valence-corrected chi connectivity index (χ4v) is 3.00. The quantitative estimate of drug-likeness (QED) is 0.413. The first kappa shape index (κ1) is 21.2. The minimum absolute atomic E-state index is 0.296. The van der Waals surface area contributed by atoms with E-state index in [1.165, 1.54) is 0 Å². The van der Waals surface area contributed by atoms with Crippen LogP contribution in [-0.2, 0) is 9.47 Å². The average Bonchev–Trinajstić information content (AvgIpc) is 2.70. The van der Waals surface area contributed by atoms with E-state index in [2.05, 4.69) is 16.9 Å². The number of piperidine rings is 1. The van der Waals surface area contributed by atoms with Crippen LogP contribution in [0.15, 0.2) is 29.3 Å². The van der Waals surface area contributed by atoms with E-state index in [1.807, 2.05) is 18.9 Å². The van der Waals surface area contributed by atoms with Gasteiger partial charge in [0.2, 0.25) is 0 Å². The summed E-state index contributed by atoms with van der Waals surface area (Å²) >= 11 is 0. The second-order valence-corrected chi connectivity index (χ2v) is 6.62. The van der Waals surface area contributed by atoms with Crippen molar-refractivity contribution in [2.24, 2.45) is 4.99 Å². The Morgan fingerprint density at radius 2 is 2.04 bits per heavy atom. The Balaban J connectivity index is 2.13. The molecular formula is C20H31N3O4. The molecule has 1 amide bonds.